The fourth-order valence-corrected chi connectivity index (χ4v) is 4.21. The van der Waals surface area contributed by atoms with Gasteiger partial charge in [-0.1, -0.05) is 31.3 Å². The van der Waals surface area contributed by atoms with E-state index in [0.717, 1.165) is 22.7 Å². The third-order valence-electron chi connectivity index (χ3n) is 3.68. The summed E-state index contributed by atoms with van der Waals surface area (Å²) in [6, 6.07) is 3.49. The largest absolute Gasteiger partial charge is 0.348 e. The summed E-state index contributed by atoms with van der Waals surface area (Å²) in [5, 5.41) is 17.2. The van der Waals surface area contributed by atoms with Gasteiger partial charge in [0, 0.05) is 17.7 Å². The molecule has 0 aliphatic rings. The first-order valence-corrected chi connectivity index (χ1v) is 9.66. The van der Waals surface area contributed by atoms with Crippen molar-refractivity contribution < 1.29 is 9.59 Å². The highest BCUT2D eigenvalue weighted by Crippen LogP contribution is 2.28. The highest BCUT2D eigenvalue weighted by molar-refractivity contribution is 7.15. The van der Waals surface area contributed by atoms with Crippen LogP contribution in [-0.2, 0) is 9.59 Å². The molecule has 2 N–H and O–H groups in total. The van der Waals surface area contributed by atoms with Crippen molar-refractivity contribution in [3.05, 3.63) is 27.4 Å². The number of anilines is 1. The summed E-state index contributed by atoms with van der Waals surface area (Å²) in [5.41, 5.74) is 0. The van der Waals surface area contributed by atoms with Gasteiger partial charge in [-0.15, -0.1) is 21.5 Å². The van der Waals surface area contributed by atoms with Gasteiger partial charge in [0.2, 0.25) is 16.9 Å². The minimum atomic E-state index is -0.325. The second kappa shape index (κ2) is 8.89. The topological polar surface area (TPSA) is 84.0 Å². The molecule has 0 fully saturated rings. The summed E-state index contributed by atoms with van der Waals surface area (Å²) in [6.07, 6.45) is 2.17. The van der Waals surface area contributed by atoms with Crippen molar-refractivity contribution in [2.24, 2.45) is 0 Å². The van der Waals surface area contributed by atoms with E-state index >= 15 is 0 Å². The Labute approximate surface area is 149 Å². The van der Waals surface area contributed by atoms with E-state index in [4.69, 9.17) is 0 Å². The maximum atomic E-state index is 12.3. The average Bonchev–Trinajstić information content (AvgIpc) is 3.19. The van der Waals surface area contributed by atoms with Crippen LogP contribution in [0.25, 0.3) is 0 Å². The Morgan fingerprint density at radius 1 is 1.25 bits per heavy atom. The molecule has 130 valence electrons. The molecular formula is C16H22N4O2S2. The molecule has 6 nitrogen and oxygen atoms in total. The molecule has 1 unspecified atom stereocenters. The van der Waals surface area contributed by atoms with Crippen molar-refractivity contribution >= 4 is 39.6 Å². The second-order valence-electron chi connectivity index (χ2n) is 5.48. The van der Waals surface area contributed by atoms with Gasteiger partial charge >= 0.3 is 0 Å². The van der Waals surface area contributed by atoms with E-state index in [1.807, 2.05) is 17.5 Å². The van der Waals surface area contributed by atoms with Crippen LogP contribution in [0.4, 0.5) is 5.13 Å². The van der Waals surface area contributed by atoms with Crippen molar-refractivity contribution in [3.8, 4) is 0 Å². The van der Waals surface area contributed by atoms with Gasteiger partial charge in [-0.05, 0) is 24.3 Å². The fraction of sp³-hybridized carbons (Fsp3) is 0.500. The zero-order chi connectivity index (χ0) is 17.5. The van der Waals surface area contributed by atoms with Gasteiger partial charge in [0.1, 0.15) is 5.01 Å². The Hall–Kier alpha value is -1.80. The van der Waals surface area contributed by atoms with E-state index in [1.165, 1.54) is 29.6 Å². The van der Waals surface area contributed by atoms with Gasteiger partial charge in [0.05, 0.1) is 12.5 Å². The van der Waals surface area contributed by atoms with E-state index < -0.39 is 0 Å². The molecule has 2 aromatic rings. The van der Waals surface area contributed by atoms with Gasteiger partial charge in [-0.2, -0.15) is 0 Å². The van der Waals surface area contributed by atoms with Crippen LogP contribution in [0.5, 0.6) is 0 Å². The molecule has 0 aliphatic carbocycles. The van der Waals surface area contributed by atoms with Gasteiger partial charge in [-0.3, -0.25) is 9.59 Å². The molecule has 8 heteroatoms. The van der Waals surface area contributed by atoms with Gasteiger partial charge in [-0.25, -0.2) is 0 Å². The van der Waals surface area contributed by atoms with Crippen molar-refractivity contribution in [1.82, 2.24) is 15.5 Å². The lowest BCUT2D eigenvalue weighted by Gasteiger charge is -2.15. The first kappa shape index (κ1) is 18.5. The predicted molar refractivity (Wildman–Crippen MR) is 97.4 cm³/mol. The third kappa shape index (κ3) is 5.10. The van der Waals surface area contributed by atoms with E-state index in [9.17, 15) is 9.59 Å². The number of hydrogen-bond acceptors (Lipinski definition) is 6. The molecule has 0 bridgehead atoms. The summed E-state index contributed by atoms with van der Waals surface area (Å²) in [4.78, 5) is 24.6. The van der Waals surface area contributed by atoms with Crippen molar-refractivity contribution in [1.29, 1.82) is 0 Å². The molecule has 1 atom stereocenters. The molecule has 0 spiro atoms. The van der Waals surface area contributed by atoms with Gasteiger partial charge < -0.3 is 10.6 Å². The van der Waals surface area contributed by atoms with Crippen LogP contribution in [0.3, 0.4) is 0 Å². The Bertz CT molecular complexity index is 665. The molecular weight excluding hydrogens is 344 g/mol. The van der Waals surface area contributed by atoms with Crippen LogP contribution in [-0.4, -0.2) is 22.0 Å². The lowest BCUT2D eigenvalue weighted by molar-refractivity contribution is -0.120. The number of amides is 2. The zero-order valence-corrected chi connectivity index (χ0v) is 15.7. The van der Waals surface area contributed by atoms with Crippen LogP contribution >= 0.6 is 22.7 Å². The minimum absolute atomic E-state index is 0.159. The van der Waals surface area contributed by atoms with Crippen LogP contribution < -0.4 is 10.6 Å². The minimum Gasteiger partial charge on any atom is -0.348 e. The standard InChI is InChI=1S/C16H22N4O2S2/c1-4-11(5-2)15-19-20-16(24-15)18-14(22)9-12(17-10(3)21)13-7-6-8-23-13/h6-8,11-12H,4-5,9H2,1-3H3,(H,17,21)(H,18,20,22). The Kier molecular flexibility index (Phi) is 6.86. The van der Waals surface area contributed by atoms with Crippen molar-refractivity contribution in [3.63, 3.8) is 0 Å². The van der Waals surface area contributed by atoms with E-state index in [2.05, 4.69) is 34.7 Å². The van der Waals surface area contributed by atoms with E-state index in [1.54, 1.807) is 0 Å². The fourth-order valence-electron chi connectivity index (χ4n) is 2.40. The number of thiophene rings is 1. The normalized spacial score (nSPS) is 12.2. The predicted octanol–water partition coefficient (Wildman–Crippen LogP) is 3.71. The van der Waals surface area contributed by atoms with E-state index in [0.29, 0.717) is 11.0 Å². The quantitative estimate of drug-likeness (QED) is 0.746. The number of aromatic nitrogens is 2. The summed E-state index contributed by atoms with van der Waals surface area (Å²) >= 11 is 2.93. The first-order chi connectivity index (χ1) is 11.5. The van der Waals surface area contributed by atoms with Crippen LogP contribution in [0.15, 0.2) is 17.5 Å². The number of nitrogens with one attached hydrogen (secondary N) is 2. The summed E-state index contributed by atoms with van der Waals surface area (Å²) in [5.74, 6) is 0.0360. The zero-order valence-electron chi connectivity index (χ0n) is 14.0. The molecule has 24 heavy (non-hydrogen) atoms. The molecule has 0 radical (unpaired) electrons. The summed E-state index contributed by atoms with van der Waals surface area (Å²) in [7, 11) is 0. The molecule has 2 rings (SSSR count). The van der Waals surface area contributed by atoms with Crippen LogP contribution in [0, 0.1) is 0 Å². The molecule has 0 saturated carbocycles. The lowest BCUT2D eigenvalue weighted by atomic mass is 10.1. The third-order valence-corrected chi connectivity index (χ3v) is 5.66. The Morgan fingerprint density at radius 3 is 2.58 bits per heavy atom. The smallest absolute Gasteiger partial charge is 0.228 e. The molecule has 0 aromatic carbocycles. The number of rotatable bonds is 8. The maximum absolute atomic E-state index is 12.3. The number of carbonyl (C=O) groups is 2. The van der Waals surface area contributed by atoms with Gasteiger partial charge in [0.25, 0.3) is 0 Å². The molecule has 0 aliphatic heterocycles. The second-order valence-corrected chi connectivity index (χ2v) is 7.47. The summed E-state index contributed by atoms with van der Waals surface area (Å²) in [6.45, 7) is 5.69. The van der Waals surface area contributed by atoms with Crippen molar-refractivity contribution in [2.75, 3.05) is 5.32 Å². The van der Waals surface area contributed by atoms with Crippen LogP contribution in [0.2, 0.25) is 0 Å². The highest BCUT2D eigenvalue weighted by Gasteiger charge is 2.20. The number of nitrogens with zero attached hydrogens (tertiary/aromatic N) is 2. The first-order valence-electron chi connectivity index (χ1n) is 7.97. The Morgan fingerprint density at radius 2 is 2.00 bits per heavy atom. The summed E-state index contributed by atoms with van der Waals surface area (Å²) < 4.78 is 0. The Balaban J connectivity index is 1.99. The molecule has 2 amide bonds. The van der Waals surface area contributed by atoms with Crippen molar-refractivity contribution in [2.45, 2.75) is 52.0 Å². The molecule has 2 heterocycles. The molecule has 2 aromatic heterocycles. The highest BCUT2D eigenvalue weighted by atomic mass is 32.1. The maximum Gasteiger partial charge on any atom is 0.228 e. The van der Waals surface area contributed by atoms with Crippen LogP contribution in [0.1, 0.15) is 61.9 Å². The van der Waals surface area contributed by atoms with Gasteiger partial charge in [0.15, 0.2) is 0 Å². The number of carbonyl (C=O) groups excluding carboxylic acids is 2. The SMILES string of the molecule is CCC(CC)c1nnc(NC(=O)CC(NC(C)=O)c2cccs2)s1. The molecule has 0 saturated heterocycles. The van der Waals surface area contributed by atoms with E-state index in [-0.39, 0.29) is 24.3 Å². The monoisotopic (exact) mass is 366 g/mol. The average molecular weight is 367 g/mol. The number of hydrogen-bond donors (Lipinski definition) is 2. The lowest BCUT2D eigenvalue weighted by Crippen LogP contribution is -2.29.